The van der Waals surface area contributed by atoms with Gasteiger partial charge in [-0.05, 0) is 62.5 Å². The van der Waals surface area contributed by atoms with Gasteiger partial charge in [0, 0.05) is 24.1 Å². The summed E-state index contributed by atoms with van der Waals surface area (Å²) in [6.45, 7) is 0. The van der Waals surface area contributed by atoms with Crippen LogP contribution in [0.2, 0.25) is 0 Å². The van der Waals surface area contributed by atoms with Crippen molar-refractivity contribution in [3.8, 4) is 0 Å². The van der Waals surface area contributed by atoms with Gasteiger partial charge in [-0.15, -0.1) is 0 Å². The molecule has 2 aromatic rings. The van der Waals surface area contributed by atoms with Crippen molar-refractivity contribution in [2.75, 3.05) is 0 Å². The Labute approximate surface area is 173 Å². The number of nitrogens with one attached hydrogen (secondary N) is 1. The maximum absolute atomic E-state index is 13.2. The lowest BCUT2D eigenvalue weighted by molar-refractivity contribution is -0.0818. The second-order valence-corrected chi connectivity index (χ2v) is 9.33. The number of nitrogens with zero attached hydrogens (tertiary/aromatic N) is 4. The van der Waals surface area contributed by atoms with Crippen molar-refractivity contribution >= 4 is 17.7 Å². The van der Waals surface area contributed by atoms with Crippen LogP contribution >= 0.6 is 0 Å². The fourth-order valence-corrected chi connectivity index (χ4v) is 6.81. The van der Waals surface area contributed by atoms with Gasteiger partial charge in [-0.1, -0.05) is 6.07 Å². The molecule has 2 unspecified atom stereocenters. The van der Waals surface area contributed by atoms with Crippen molar-refractivity contribution < 1.29 is 14.4 Å². The quantitative estimate of drug-likeness (QED) is 0.786. The molecule has 3 amide bonds. The molecule has 0 saturated heterocycles. The van der Waals surface area contributed by atoms with Crippen LogP contribution in [0, 0.1) is 11.8 Å². The molecule has 4 saturated carbocycles. The predicted molar refractivity (Wildman–Crippen MR) is 104 cm³/mol. The lowest BCUT2D eigenvalue weighted by Gasteiger charge is -2.63. The number of carbonyl (C=O) groups excluding carboxylic acids is 3. The number of imide groups is 1. The molecule has 1 N–H and O–H groups in total. The van der Waals surface area contributed by atoms with Gasteiger partial charge in [0.2, 0.25) is 0 Å². The van der Waals surface area contributed by atoms with Gasteiger partial charge in [0.25, 0.3) is 17.7 Å². The molecular weight excluding hydrogens is 382 g/mol. The molecule has 8 nitrogen and oxygen atoms in total. The number of fused-ring (bicyclic) bond motifs is 1. The summed E-state index contributed by atoms with van der Waals surface area (Å²) in [5, 5.41) is 3.26. The monoisotopic (exact) mass is 403 g/mol. The number of hydrogen-bond acceptors (Lipinski definition) is 6. The number of aromatic nitrogens is 3. The number of carbonyl (C=O) groups is 3. The van der Waals surface area contributed by atoms with E-state index >= 15 is 0 Å². The number of amides is 3. The summed E-state index contributed by atoms with van der Waals surface area (Å²) in [6.07, 6.45) is 9.50. The second-order valence-electron chi connectivity index (χ2n) is 9.33. The molecule has 4 aliphatic carbocycles. The smallest absolute Gasteiger partial charge is 0.282 e. The number of rotatable bonds is 3. The van der Waals surface area contributed by atoms with Gasteiger partial charge in [0.15, 0.2) is 11.4 Å². The van der Waals surface area contributed by atoms with Gasteiger partial charge in [-0.3, -0.25) is 24.3 Å². The Morgan fingerprint density at radius 1 is 0.933 bits per heavy atom. The summed E-state index contributed by atoms with van der Waals surface area (Å²) in [6, 6.07) is 5.27. The van der Waals surface area contributed by atoms with E-state index in [4.69, 9.17) is 0 Å². The first kappa shape index (κ1) is 17.7. The molecule has 8 heteroatoms. The molecule has 5 aliphatic rings. The van der Waals surface area contributed by atoms with Crippen molar-refractivity contribution in [3.05, 3.63) is 53.9 Å². The van der Waals surface area contributed by atoms with E-state index < -0.39 is 11.1 Å². The molecule has 3 heterocycles. The van der Waals surface area contributed by atoms with Crippen LogP contribution in [0.5, 0.6) is 0 Å². The predicted octanol–water partition coefficient (Wildman–Crippen LogP) is 1.99. The average Bonchev–Trinajstić information content (AvgIpc) is 2.98. The molecule has 30 heavy (non-hydrogen) atoms. The molecule has 7 rings (SSSR count). The highest BCUT2D eigenvalue weighted by Crippen LogP contribution is 2.60. The lowest BCUT2D eigenvalue weighted by atomic mass is 9.49. The molecule has 0 aromatic carbocycles. The highest BCUT2D eigenvalue weighted by atomic mass is 16.2. The van der Waals surface area contributed by atoms with Crippen molar-refractivity contribution in [2.45, 2.75) is 49.6 Å². The third-order valence-electron chi connectivity index (χ3n) is 7.29. The van der Waals surface area contributed by atoms with E-state index in [1.54, 1.807) is 24.4 Å². The van der Waals surface area contributed by atoms with Gasteiger partial charge in [-0.2, -0.15) is 0 Å². The lowest BCUT2D eigenvalue weighted by Crippen LogP contribution is -2.70. The van der Waals surface area contributed by atoms with Crippen molar-refractivity contribution in [1.82, 2.24) is 25.2 Å². The Bertz CT molecular complexity index is 1040. The van der Waals surface area contributed by atoms with E-state index in [2.05, 4.69) is 20.3 Å². The maximum atomic E-state index is 13.2. The van der Waals surface area contributed by atoms with Crippen LogP contribution in [-0.4, -0.2) is 48.7 Å². The van der Waals surface area contributed by atoms with E-state index in [0.717, 1.165) is 32.1 Å². The molecule has 0 spiro atoms. The van der Waals surface area contributed by atoms with Crippen LogP contribution < -0.4 is 5.32 Å². The molecule has 4 fully saturated rings. The van der Waals surface area contributed by atoms with Crippen LogP contribution in [0.3, 0.4) is 0 Å². The van der Waals surface area contributed by atoms with E-state index in [9.17, 15) is 14.4 Å². The molecule has 2 aromatic heterocycles. The summed E-state index contributed by atoms with van der Waals surface area (Å²) < 4.78 is 0. The van der Waals surface area contributed by atoms with Crippen LogP contribution in [-0.2, 0) is 0 Å². The molecule has 1 aliphatic heterocycles. The minimum Gasteiger partial charge on any atom is -0.345 e. The highest BCUT2D eigenvalue weighted by molar-refractivity contribution is 6.20. The molecule has 2 atom stereocenters. The van der Waals surface area contributed by atoms with E-state index in [1.807, 2.05) is 0 Å². The maximum Gasteiger partial charge on any atom is 0.282 e. The molecule has 4 bridgehead atoms. The molecule has 152 valence electrons. The van der Waals surface area contributed by atoms with E-state index in [1.165, 1.54) is 17.3 Å². The third-order valence-corrected chi connectivity index (χ3v) is 7.29. The molecule has 0 radical (unpaired) electrons. The topological polar surface area (TPSA) is 105 Å². The van der Waals surface area contributed by atoms with E-state index in [0.29, 0.717) is 24.0 Å². The second kappa shape index (κ2) is 5.93. The van der Waals surface area contributed by atoms with Gasteiger partial charge < -0.3 is 5.32 Å². The third kappa shape index (κ3) is 2.39. The minimum absolute atomic E-state index is 0.143. The van der Waals surface area contributed by atoms with Gasteiger partial charge in [0.1, 0.15) is 5.69 Å². The standard InChI is InChI=1S/C22H21N5O3/c28-18(15-3-1-2-4-23-15)26-21-8-13-7-14(9-21)11-22(10-13,12-21)27-19(29)16-17(20(27)30)25-6-5-24-16/h1-6,13-14H,7-12H2,(H,26,28). The zero-order valence-electron chi connectivity index (χ0n) is 16.4. The Hall–Kier alpha value is -3.16. The van der Waals surface area contributed by atoms with Gasteiger partial charge in [-0.25, -0.2) is 9.97 Å². The summed E-state index contributed by atoms with van der Waals surface area (Å²) in [5.74, 6) is -0.146. The van der Waals surface area contributed by atoms with Gasteiger partial charge >= 0.3 is 0 Å². The summed E-state index contributed by atoms with van der Waals surface area (Å²) >= 11 is 0. The highest BCUT2D eigenvalue weighted by Gasteiger charge is 2.63. The first-order chi connectivity index (χ1) is 14.5. The van der Waals surface area contributed by atoms with Crippen LogP contribution in [0.25, 0.3) is 0 Å². The van der Waals surface area contributed by atoms with E-state index in [-0.39, 0.29) is 29.1 Å². The average molecular weight is 403 g/mol. The van der Waals surface area contributed by atoms with Gasteiger partial charge in [0.05, 0.1) is 5.54 Å². The van der Waals surface area contributed by atoms with Crippen LogP contribution in [0.1, 0.15) is 70.0 Å². The molecular formula is C22H21N5O3. The number of hydrogen-bond donors (Lipinski definition) is 1. The normalized spacial score (nSPS) is 33.7. The zero-order chi connectivity index (χ0) is 20.5. The first-order valence-corrected chi connectivity index (χ1v) is 10.4. The van der Waals surface area contributed by atoms with Crippen LogP contribution in [0.4, 0.5) is 0 Å². The Kier molecular flexibility index (Phi) is 3.50. The Morgan fingerprint density at radius 2 is 1.60 bits per heavy atom. The Balaban J connectivity index is 1.36. The van der Waals surface area contributed by atoms with Crippen molar-refractivity contribution in [1.29, 1.82) is 0 Å². The fraction of sp³-hybridized carbons (Fsp3) is 0.455. The minimum atomic E-state index is -0.585. The summed E-state index contributed by atoms with van der Waals surface area (Å²) in [4.78, 5) is 53.1. The van der Waals surface area contributed by atoms with Crippen LogP contribution in [0.15, 0.2) is 36.8 Å². The van der Waals surface area contributed by atoms with Crippen molar-refractivity contribution in [2.24, 2.45) is 11.8 Å². The fourth-order valence-electron chi connectivity index (χ4n) is 6.81. The Morgan fingerprint density at radius 3 is 2.20 bits per heavy atom. The zero-order valence-corrected chi connectivity index (χ0v) is 16.4. The summed E-state index contributed by atoms with van der Waals surface area (Å²) in [5.41, 5.74) is -0.335. The first-order valence-electron chi connectivity index (χ1n) is 10.4. The van der Waals surface area contributed by atoms with Crippen molar-refractivity contribution in [3.63, 3.8) is 0 Å². The SMILES string of the molecule is O=C(NC12CC3CC(C1)CC(N1C(=O)c4nccnc4C1=O)(C3)C2)c1ccccn1. The summed E-state index contributed by atoms with van der Waals surface area (Å²) in [7, 11) is 0. The number of pyridine rings is 1. The largest absolute Gasteiger partial charge is 0.345 e.